The number of nitrogen functional groups attached to an aromatic ring is 1. The first-order valence-electron chi connectivity index (χ1n) is 9.24. The number of rotatable bonds is 4. The molecule has 0 aliphatic heterocycles. The van der Waals surface area contributed by atoms with Crippen LogP contribution in [0.25, 0.3) is 11.7 Å². The summed E-state index contributed by atoms with van der Waals surface area (Å²) in [5.41, 5.74) is 6.80. The Morgan fingerprint density at radius 2 is 2.17 bits per heavy atom. The minimum absolute atomic E-state index is 0.195. The predicted molar refractivity (Wildman–Crippen MR) is 108 cm³/mol. The second kappa shape index (κ2) is 6.72. The van der Waals surface area contributed by atoms with Crippen LogP contribution in [-0.4, -0.2) is 35.7 Å². The van der Waals surface area contributed by atoms with Crippen molar-refractivity contribution in [1.29, 1.82) is 0 Å². The Kier molecular flexibility index (Phi) is 4.02. The van der Waals surface area contributed by atoms with Gasteiger partial charge in [0, 0.05) is 17.0 Å². The lowest BCUT2D eigenvalue weighted by molar-refractivity contribution is 0.454. The summed E-state index contributed by atoms with van der Waals surface area (Å²) in [6.07, 6.45) is 5.08. The molecule has 30 heavy (non-hydrogen) atoms. The van der Waals surface area contributed by atoms with Crippen LogP contribution in [0.3, 0.4) is 0 Å². The molecule has 3 heterocycles. The molecule has 0 amide bonds. The van der Waals surface area contributed by atoms with Gasteiger partial charge in [0.2, 0.25) is 5.88 Å². The second-order valence-electron chi connectivity index (χ2n) is 7.05. The number of aromatic hydroxyl groups is 1. The van der Waals surface area contributed by atoms with E-state index >= 15 is 0 Å². The van der Waals surface area contributed by atoms with E-state index in [1.54, 1.807) is 22.8 Å². The van der Waals surface area contributed by atoms with Gasteiger partial charge in [-0.2, -0.15) is 9.61 Å². The van der Waals surface area contributed by atoms with E-state index in [-0.39, 0.29) is 23.3 Å². The van der Waals surface area contributed by atoms with E-state index in [0.29, 0.717) is 27.9 Å². The van der Waals surface area contributed by atoms with Crippen LogP contribution in [0.2, 0.25) is 0 Å². The van der Waals surface area contributed by atoms with Crippen molar-refractivity contribution in [3.8, 4) is 5.88 Å². The number of aromatic nitrogens is 5. The standard InChI is InChI=1S/C19H17FN8O2/c20-12-6-10(21)1-4-13(12)24-15-7-16(23-11-2-3-11)28-17(26-15)9(8-22-28)5-14-18(29)27-19(30)25-14/h1,4-8,11,24,29H,2-3,21H2,(H2,25,27,30). The summed E-state index contributed by atoms with van der Waals surface area (Å²) in [4.78, 5) is 25.3. The monoisotopic (exact) mass is 408 g/mol. The molecule has 0 saturated heterocycles. The first kappa shape index (κ1) is 17.9. The van der Waals surface area contributed by atoms with Gasteiger partial charge in [-0.3, -0.25) is 9.98 Å². The second-order valence-corrected chi connectivity index (χ2v) is 7.05. The summed E-state index contributed by atoms with van der Waals surface area (Å²) in [5, 5.41) is 17.7. The maximum Gasteiger partial charge on any atom is 0.326 e. The third-order valence-electron chi connectivity index (χ3n) is 4.63. The van der Waals surface area contributed by atoms with Crippen LogP contribution < -0.4 is 27.4 Å². The zero-order valence-electron chi connectivity index (χ0n) is 15.6. The molecule has 152 valence electrons. The van der Waals surface area contributed by atoms with Gasteiger partial charge in [0.1, 0.15) is 17.3 Å². The third-order valence-corrected chi connectivity index (χ3v) is 4.63. The highest BCUT2D eigenvalue weighted by Gasteiger charge is 2.20. The average molecular weight is 408 g/mol. The van der Waals surface area contributed by atoms with Gasteiger partial charge in [-0.1, -0.05) is 0 Å². The molecule has 1 aromatic carbocycles. The van der Waals surface area contributed by atoms with Crippen LogP contribution in [-0.2, 0) is 0 Å². The molecule has 5 rings (SSSR count). The lowest BCUT2D eigenvalue weighted by atomic mass is 10.2. The average Bonchev–Trinajstić information content (AvgIpc) is 3.33. The molecule has 0 unspecified atom stereocenters. The highest BCUT2D eigenvalue weighted by atomic mass is 19.1. The Labute approximate surface area is 167 Å². The van der Waals surface area contributed by atoms with Crippen LogP contribution in [0.5, 0.6) is 5.88 Å². The molecule has 0 atom stereocenters. The number of benzene rings is 1. The van der Waals surface area contributed by atoms with Gasteiger partial charge in [0.15, 0.2) is 11.1 Å². The zero-order valence-corrected chi connectivity index (χ0v) is 15.6. The number of aromatic amines is 2. The summed E-state index contributed by atoms with van der Waals surface area (Å²) in [7, 11) is 0. The van der Waals surface area contributed by atoms with Gasteiger partial charge < -0.3 is 21.1 Å². The van der Waals surface area contributed by atoms with E-state index in [1.165, 1.54) is 18.2 Å². The zero-order chi connectivity index (χ0) is 20.8. The van der Waals surface area contributed by atoms with Crippen molar-refractivity contribution in [3.63, 3.8) is 0 Å². The minimum Gasteiger partial charge on any atom is -0.493 e. The summed E-state index contributed by atoms with van der Waals surface area (Å²) < 4.78 is 15.8. The highest BCUT2D eigenvalue weighted by molar-refractivity contribution is 5.63. The fourth-order valence-electron chi connectivity index (χ4n) is 3.03. The Morgan fingerprint density at radius 1 is 1.33 bits per heavy atom. The van der Waals surface area contributed by atoms with E-state index in [2.05, 4.69) is 30.4 Å². The van der Waals surface area contributed by atoms with Crippen molar-refractivity contribution in [2.75, 3.05) is 11.1 Å². The number of nitrogens with zero attached hydrogens (tertiary/aromatic N) is 4. The van der Waals surface area contributed by atoms with Crippen molar-refractivity contribution in [3.05, 3.63) is 63.2 Å². The summed E-state index contributed by atoms with van der Waals surface area (Å²) in [5.74, 6) is -0.430. The van der Waals surface area contributed by atoms with Crippen LogP contribution in [0, 0.1) is 5.82 Å². The molecule has 3 aromatic heterocycles. The van der Waals surface area contributed by atoms with Crippen molar-refractivity contribution in [2.45, 2.75) is 18.9 Å². The van der Waals surface area contributed by atoms with Gasteiger partial charge in [-0.25, -0.2) is 14.2 Å². The Hall–Kier alpha value is -4.15. The SMILES string of the molecule is Nc1ccc(Nc2cc(=NC3CC3)n3ncc(=Cc4[nH]c(=O)[nH]c4O)c3n2)c(F)c1. The number of H-pyrrole nitrogens is 2. The fourth-order valence-corrected chi connectivity index (χ4v) is 3.03. The molecule has 1 aliphatic carbocycles. The topological polar surface area (TPSA) is 149 Å². The molecule has 0 bridgehead atoms. The first-order chi connectivity index (χ1) is 14.5. The molecule has 0 radical (unpaired) electrons. The lowest BCUT2D eigenvalue weighted by Gasteiger charge is -2.08. The number of anilines is 3. The number of nitrogens with two attached hydrogens (primary N) is 1. The van der Waals surface area contributed by atoms with Gasteiger partial charge in [-0.15, -0.1) is 0 Å². The van der Waals surface area contributed by atoms with Gasteiger partial charge in [0.25, 0.3) is 0 Å². The Balaban J connectivity index is 1.68. The normalized spacial score (nSPS) is 15.2. The predicted octanol–water partition coefficient (Wildman–Crippen LogP) is 0.527. The Morgan fingerprint density at radius 3 is 2.87 bits per heavy atom. The number of halogens is 1. The number of fused-ring (bicyclic) bond motifs is 1. The number of nitrogens with one attached hydrogen (secondary N) is 3. The van der Waals surface area contributed by atoms with Gasteiger partial charge >= 0.3 is 5.69 Å². The summed E-state index contributed by atoms with van der Waals surface area (Å²) >= 11 is 0. The maximum atomic E-state index is 14.2. The molecule has 0 spiro atoms. The molecule has 1 saturated carbocycles. The summed E-state index contributed by atoms with van der Waals surface area (Å²) in [6.45, 7) is 0. The molecule has 10 nitrogen and oxygen atoms in total. The van der Waals surface area contributed by atoms with E-state index in [1.807, 2.05) is 0 Å². The van der Waals surface area contributed by atoms with Crippen molar-refractivity contribution >= 4 is 28.9 Å². The van der Waals surface area contributed by atoms with Gasteiger partial charge in [0.05, 0.1) is 17.9 Å². The van der Waals surface area contributed by atoms with Crippen LogP contribution in [0.4, 0.5) is 21.6 Å². The van der Waals surface area contributed by atoms with Crippen LogP contribution in [0.15, 0.2) is 40.2 Å². The molecular weight excluding hydrogens is 391 g/mol. The molecule has 1 aliphatic rings. The van der Waals surface area contributed by atoms with Crippen molar-refractivity contribution in [1.82, 2.24) is 24.6 Å². The van der Waals surface area contributed by atoms with E-state index in [9.17, 15) is 14.3 Å². The quantitative estimate of drug-likeness (QED) is 0.311. The van der Waals surface area contributed by atoms with Crippen molar-refractivity contribution in [2.24, 2.45) is 4.99 Å². The molecular formula is C19H17FN8O2. The molecule has 1 fully saturated rings. The summed E-state index contributed by atoms with van der Waals surface area (Å²) in [6, 6.07) is 6.24. The van der Waals surface area contributed by atoms with E-state index in [4.69, 9.17) is 5.73 Å². The van der Waals surface area contributed by atoms with E-state index < -0.39 is 11.5 Å². The first-order valence-corrected chi connectivity index (χ1v) is 9.24. The third kappa shape index (κ3) is 3.36. The van der Waals surface area contributed by atoms with Crippen LogP contribution >= 0.6 is 0 Å². The van der Waals surface area contributed by atoms with Crippen molar-refractivity contribution < 1.29 is 9.50 Å². The fraction of sp³-hybridized carbons (Fsp3) is 0.158. The largest absolute Gasteiger partial charge is 0.493 e. The van der Waals surface area contributed by atoms with Crippen LogP contribution in [0.1, 0.15) is 18.5 Å². The number of hydrogen-bond donors (Lipinski definition) is 5. The molecule has 11 heteroatoms. The number of hydrogen-bond acceptors (Lipinski definition) is 7. The molecule has 6 N–H and O–H groups in total. The maximum absolute atomic E-state index is 14.2. The lowest BCUT2D eigenvalue weighted by Crippen LogP contribution is -2.20. The minimum atomic E-state index is -0.534. The smallest absolute Gasteiger partial charge is 0.326 e. The molecule has 4 aromatic rings. The highest BCUT2D eigenvalue weighted by Crippen LogP contribution is 2.23. The Bertz CT molecular complexity index is 1450. The van der Waals surface area contributed by atoms with E-state index in [0.717, 1.165) is 12.8 Å². The van der Waals surface area contributed by atoms with Gasteiger partial charge in [-0.05, 0) is 37.1 Å². The number of imidazole rings is 1.